The van der Waals surface area contributed by atoms with Gasteiger partial charge in [-0.3, -0.25) is 0 Å². The SMILES string of the molecule is CCOC(=O)c1cn[nH]c1O[C@H]1CCOC1. The first kappa shape index (κ1) is 10.9. The summed E-state index contributed by atoms with van der Waals surface area (Å²) >= 11 is 0. The van der Waals surface area contributed by atoms with E-state index >= 15 is 0 Å². The molecule has 2 rings (SSSR count). The summed E-state index contributed by atoms with van der Waals surface area (Å²) in [6.45, 7) is 3.31. The Morgan fingerprint density at radius 3 is 3.31 bits per heavy atom. The molecular formula is C10H14N2O4. The van der Waals surface area contributed by atoms with E-state index in [9.17, 15) is 4.79 Å². The summed E-state index contributed by atoms with van der Waals surface area (Å²) in [4.78, 5) is 11.5. The maximum absolute atomic E-state index is 11.5. The Hall–Kier alpha value is -1.56. The van der Waals surface area contributed by atoms with Crippen LogP contribution in [0.15, 0.2) is 6.20 Å². The van der Waals surface area contributed by atoms with Gasteiger partial charge in [-0.05, 0) is 6.92 Å². The second kappa shape index (κ2) is 4.98. The predicted molar refractivity (Wildman–Crippen MR) is 54.4 cm³/mol. The van der Waals surface area contributed by atoms with E-state index in [-0.39, 0.29) is 6.10 Å². The van der Waals surface area contributed by atoms with Crippen LogP contribution in [0.5, 0.6) is 5.88 Å². The van der Waals surface area contributed by atoms with Crippen molar-refractivity contribution >= 4 is 5.97 Å². The van der Waals surface area contributed by atoms with Crippen LogP contribution in [0.3, 0.4) is 0 Å². The fourth-order valence-electron chi connectivity index (χ4n) is 1.49. The van der Waals surface area contributed by atoms with Gasteiger partial charge in [0.25, 0.3) is 0 Å². The number of rotatable bonds is 4. The summed E-state index contributed by atoms with van der Waals surface area (Å²) in [7, 11) is 0. The molecular weight excluding hydrogens is 212 g/mol. The summed E-state index contributed by atoms with van der Waals surface area (Å²) in [6, 6.07) is 0. The Morgan fingerprint density at radius 2 is 2.62 bits per heavy atom. The molecule has 1 aliphatic rings. The van der Waals surface area contributed by atoms with Gasteiger partial charge in [-0.15, -0.1) is 0 Å². The van der Waals surface area contributed by atoms with E-state index in [2.05, 4.69) is 10.2 Å². The summed E-state index contributed by atoms with van der Waals surface area (Å²) < 4.78 is 15.6. The number of nitrogens with one attached hydrogen (secondary N) is 1. The zero-order valence-corrected chi connectivity index (χ0v) is 9.06. The van der Waals surface area contributed by atoms with Gasteiger partial charge in [-0.1, -0.05) is 0 Å². The van der Waals surface area contributed by atoms with Crippen LogP contribution in [0.4, 0.5) is 0 Å². The lowest BCUT2D eigenvalue weighted by molar-refractivity contribution is 0.0517. The lowest BCUT2D eigenvalue weighted by Crippen LogP contribution is -2.17. The van der Waals surface area contributed by atoms with Crippen LogP contribution in [0.1, 0.15) is 23.7 Å². The summed E-state index contributed by atoms with van der Waals surface area (Å²) in [5.74, 6) is -0.0703. The molecule has 0 bridgehead atoms. The maximum atomic E-state index is 11.5. The summed E-state index contributed by atoms with van der Waals surface area (Å²) in [5, 5.41) is 6.42. The molecule has 0 aliphatic carbocycles. The van der Waals surface area contributed by atoms with Gasteiger partial charge in [0.05, 0.1) is 26.0 Å². The van der Waals surface area contributed by atoms with Gasteiger partial charge in [0.1, 0.15) is 11.7 Å². The van der Waals surface area contributed by atoms with E-state index < -0.39 is 5.97 Å². The summed E-state index contributed by atoms with van der Waals surface area (Å²) in [6.07, 6.45) is 2.21. The Morgan fingerprint density at radius 1 is 1.75 bits per heavy atom. The number of carbonyl (C=O) groups is 1. The Kier molecular flexibility index (Phi) is 3.40. The fourth-order valence-corrected chi connectivity index (χ4v) is 1.49. The molecule has 16 heavy (non-hydrogen) atoms. The number of aromatic nitrogens is 2. The molecule has 1 N–H and O–H groups in total. The van der Waals surface area contributed by atoms with Crippen molar-refractivity contribution in [2.24, 2.45) is 0 Å². The highest BCUT2D eigenvalue weighted by Crippen LogP contribution is 2.19. The second-order valence-electron chi connectivity index (χ2n) is 3.44. The molecule has 1 aromatic heterocycles. The minimum absolute atomic E-state index is 0.0198. The molecule has 0 amide bonds. The van der Waals surface area contributed by atoms with Crippen molar-refractivity contribution in [1.29, 1.82) is 0 Å². The number of carbonyl (C=O) groups excluding carboxylic acids is 1. The Bertz CT molecular complexity index is 357. The quantitative estimate of drug-likeness (QED) is 0.767. The van der Waals surface area contributed by atoms with Gasteiger partial charge in [0.15, 0.2) is 0 Å². The third-order valence-electron chi connectivity index (χ3n) is 2.27. The van der Waals surface area contributed by atoms with Gasteiger partial charge in [-0.2, -0.15) is 5.10 Å². The van der Waals surface area contributed by atoms with Crippen LogP contribution in [-0.4, -0.2) is 42.1 Å². The molecule has 1 saturated heterocycles. The summed E-state index contributed by atoms with van der Waals surface area (Å²) in [5.41, 5.74) is 0.328. The van der Waals surface area contributed by atoms with E-state index in [0.717, 1.165) is 6.42 Å². The average Bonchev–Trinajstić information content (AvgIpc) is 2.90. The van der Waals surface area contributed by atoms with E-state index in [1.807, 2.05) is 0 Å². The fraction of sp³-hybridized carbons (Fsp3) is 0.600. The van der Waals surface area contributed by atoms with E-state index in [1.54, 1.807) is 6.92 Å². The first-order valence-corrected chi connectivity index (χ1v) is 5.26. The van der Waals surface area contributed by atoms with Crippen molar-refractivity contribution in [3.63, 3.8) is 0 Å². The normalized spacial score (nSPS) is 19.7. The lowest BCUT2D eigenvalue weighted by Gasteiger charge is -2.10. The van der Waals surface area contributed by atoms with E-state index in [1.165, 1.54) is 6.20 Å². The maximum Gasteiger partial charge on any atom is 0.345 e. The Balaban J connectivity index is 2.03. The molecule has 1 aliphatic heterocycles. The van der Waals surface area contributed by atoms with Gasteiger partial charge in [-0.25, -0.2) is 9.89 Å². The molecule has 0 aromatic carbocycles. The number of nitrogens with zero attached hydrogens (tertiary/aromatic N) is 1. The van der Waals surface area contributed by atoms with E-state index in [4.69, 9.17) is 14.2 Å². The van der Waals surface area contributed by atoms with Crippen LogP contribution in [-0.2, 0) is 9.47 Å². The minimum atomic E-state index is -0.426. The average molecular weight is 226 g/mol. The number of aromatic amines is 1. The zero-order chi connectivity index (χ0) is 11.4. The lowest BCUT2D eigenvalue weighted by atomic mass is 10.3. The molecule has 0 radical (unpaired) electrons. The largest absolute Gasteiger partial charge is 0.471 e. The molecule has 88 valence electrons. The molecule has 2 heterocycles. The monoisotopic (exact) mass is 226 g/mol. The molecule has 1 atom stereocenters. The van der Waals surface area contributed by atoms with Gasteiger partial charge in [0.2, 0.25) is 5.88 Å². The highest BCUT2D eigenvalue weighted by atomic mass is 16.6. The van der Waals surface area contributed by atoms with Crippen molar-refractivity contribution in [2.45, 2.75) is 19.4 Å². The molecule has 1 aromatic rings. The third kappa shape index (κ3) is 2.33. The van der Waals surface area contributed by atoms with Crippen LogP contribution in [0, 0.1) is 0 Å². The first-order valence-electron chi connectivity index (χ1n) is 5.26. The Labute approximate surface area is 92.9 Å². The topological polar surface area (TPSA) is 73.4 Å². The number of H-pyrrole nitrogens is 1. The van der Waals surface area contributed by atoms with Gasteiger partial charge < -0.3 is 14.2 Å². The standard InChI is InChI=1S/C10H14N2O4/c1-2-15-10(13)8-5-11-12-9(8)16-7-3-4-14-6-7/h5,7H,2-4,6H2,1H3,(H,11,12)/t7-/m0/s1. The van der Waals surface area contributed by atoms with Gasteiger partial charge in [0, 0.05) is 6.42 Å². The van der Waals surface area contributed by atoms with Crippen molar-refractivity contribution in [2.75, 3.05) is 19.8 Å². The first-order chi connectivity index (χ1) is 7.81. The van der Waals surface area contributed by atoms with Crippen molar-refractivity contribution in [1.82, 2.24) is 10.2 Å². The minimum Gasteiger partial charge on any atom is -0.471 e. The van der Waals surface area contributed by atoms with Crippen LogP contribution >= 0.6 is 0 Å². The van der Waals surface area contributed by atoms with Crippen LogP contribution in [0.25, 0.3) is 0 Å². The second-order valence-corrected chi connectivity index (χ2v) is 3.44. The molecule has 0 spiro atoms. The van der Waals surface area contributed by atoms with Crippen LogP contribution in [0.2, 0.25) is 0 Å². The molecule has 1 fully saturated rings. The predicted octanol–water partition coefficient (Wildman–Crippen LogP) is 0.754. The zero-order valence-electron chi connectivity index (χ0n) is 9.06. The van der Waals surface area contributed by atoms with Crippen molar-refractivity contribution < 1.29 is 19.0 Å². The third-order valence-corrected chi connectivity index (χ3v) is 2.27. The number of hydrogen-bond acceptors (Lipinski definition) is 5. The number of hydrogen-bond donors (Lipinski definition) is 1. The van der Waals surface area contributed by atoms with Crippen molar-refractivity contribution in [3.05, 3.63) is 11.8 Å². The van der Waals surface area contributed by atoms with Gasteiger partial charge >= 0.3 is 5.97 Å². The van der Waals surface area contributed by atoms with Crippen molar-refractivity contribution in [3.8, 4) is 5.88 Å². The number of esters is 1. The molecule has 0 unspecified atom stereocenters. The molecule has 6 nitrogen and oxygen atoms in total. The number of ether oxygens (including phenoxy) is 3. The smallest absolute Gasteiger partial charge is 0.345 e. The highest BCUT2D eigenvalue weighted by molar-refractivity contribution is 5.91. The van der Waals surface area contributed by atoms with E-state index in [0.29, 0.717) is 31.3 Å². The molecule has 0 saturated carbocycles. The highest BCUT2D eigenvalue weighted by Gasteiger charge is 2.22. The van der Waals surface area contributed by atoms with Crippen LogP contribution < -0.4 is 4.74 Å². The molecule has 6 heteroatoms.